The molecule has 114 valence electrons. The lowest BCUT2D eigenvalue weighted by Crippen LogP contribution is -2.66. The van der Waals surface area contributed by atoms with Gasteiger partial charge in [0.1, 0.15) is 0 Å². The van der Waals surface area contributed by atoms with E-state index in [2.05, 4.69) is 26.1 Å². The Kier molecular flexibility index (Phi) is 3.20. The summed E-state index contributed by atoms with van der Waals surface area (Å²) in [7, 11) is 0. The predicted molar refractivity (Wildman–Crippen MR) is 81.2 cm³/mol. The van der Waals surface area contributed by atoms with Crippen LogP contribution in [0, 0.1) is 16.7 Å². The summed E-state index contributed by atoms with van der Waals surface area (Å²) in [6.07, 6.45) is 9.34. The average molecular weight is 278 g/mol. The Balaban J connectivity index is 1.77. The molecule has 0 heterocycles. The lowest BCUT2D eigenvalue weighted by atomic mass is 9.43. The molecule has 3 N–H and O–H groups in total. The fraction of sp³-hybridized carbons (Fsp3) is 0.941. The highest BCUT2D eigenvalue weighted by molar-refractivity contribution is 5.82. The van der Waals surface area contributed by atoms with E-state index < -0.39 is 0 Å². The zero-order valence-corrected chi connectivity index (χ0v) is 13.3. The van der Waals surface area contributed by atoms with E-state index in [0.29, 0.717) is 10.8 Å². The summed E-state index contributed by atoms with van der Waals surface area (Å²) in [5, 5.41) is 3.40. The SMILES string of the molecule is CCC[C@H](N)C(=O)NC12CC3CC(C)(CC(C)(C3)C1)C2. The van der Waals surface area contributed by atoms with Crippen molar-refractivity contribution in [3.63, 3.8) is 0 Å². The Morgan fingerprint density at radius 2 is 1.80 bits per heavy atom. The van der Waals surface area contributed by atoms with Gasteiger partial charge in [0.05, 0.1) is 6.04 Å². The first-order valence-electron chi connectivity index (χ1n) is 8.35. The van der Waals surface area contributed by atoms with Crippen LogP contribution in [-0.4, -0.2) is 17.5 Å². The highest BCUT2D eigenvalue weighted by Gasteiger charge is 2.60. The highest BCUT2D eigenvalue weighted by Crippen LogP contribution is 2.66. The molecule has 3 atom stereocenters. The number of nitrogens with one attached hydrogen (secondary N) is 1. The number of carbonyl (C=O) groups excluding carboxylic acids is 1. The zero-order chi connectivity index (χ0) is 14.6. The second-order valence-electron chi connectivity index (χ2n) is 8.79. The van der Waals surface area contributed by atoms with Crippen LogP contribution in [0.15, 0.2) is 0 Å². The summed E-state index contributed by atoms with van der Waals surface area (Å²) in [4.78, 5) is 12.4. The van der Waals surface area contributed by atoms with Crippen LogP contribution in [0.4, 0.5) is 0 Å². The highest BCUT2D eigenvalue weighted by atomic mass is 16.2. The van der Waals surface area contributed by atoms with E-state index in [9.17, 15) is 4.79 Å². The van der Waals surface area contributed by atoms with Gasteiger partial charge >= 0.3 is 0 Å². The molecule has 3 heteroatoms. The van der Waals surface area contributed by atoms with Crippen molar-refractivity contribution in [2.75, 3.05) is 0 Å². The third kappa shape index (κ3) is 2.38. The van der Waals surface area contributed by atoms with E-state index in [1.54, 1.807) is 0 Å². The molecule has 0 saturated heterocycles. The fourth-order valence-electron chi connectivity index (χ4n) is 6.38. The van der Waals surface area contributed by atoms with Gasteiger partial charge < -0.3 is 11.1 Å². The number of carbonyl (C=O) groups is 1. The summed E-state index contributed by atoms with van der Waals surface area (Å²) >= 11 is 0. The van der Waals surface area contributed by atoms with Crippen molar-refractivity contribution >= 4 is 5.91 Å². The molecule has 0 aromatic rings. The third-order valence-electron chi connectivity index (χ3n) is 5.95. The molecular formula is C17H30N2O. The molecule has 4 fully saturated rings. The molecule has 2 unspecified atom stereocenters. The van der Waals surface area contributed by atoms with Crippen molar-refractivity contribution in [1.82, 2.24) is 5.32 Å². The van der Waals surface area contributed by atoms with Crippen LogP contribution in [0.25, 0.3) is 0 Å². The maximum Gasteiger partial charge on any atom is 0.237 e. The van der Waals surface area contributed by atoms with E-state index >= 15 is 0 Å². The number of nitrogens with two attached hydrogens (primary N) is 1. The lowest BCUT2D eigenvalue weighted by molar-refractivity contribution is -0.140. The van der Waals surface area contributed by atoms with Gasteiger partial charge in [-0.1, -0.05) is 27.2 Å². The third-order valence-corrected chi connectivity index (χ3v) is 5.95. The van der Waals surface area contributed by atoms with Crippen molar-refractivity contribution in [2.45, 2.75) is 83.7 Å². The van der Waals surface area contributed by atoms with Gasteiger partial charge in [0.15, 0.2) is 0 Å². The first-order chi connectivity index (χ1) is 9.27. The van der Waals surface area contributed by atoms with Gasteiger partial charge in [-0.25, -0.2) is 0 Å². The molecule has 4 aliphatic rings. The lowest BCUT2D eigenvalue weighted by Gasteiger charge is -2.65. The molecule has 4 rings (SSSR count). The van der Waals surface area contributed by atoms with Gasteiger partial charge in [-0.3, -0.25) is 4.79 Å². The Morgan fingerprint density at radius 1 is 1.20 bits per heavy atom. The standard InChI is InChI=1S/C17H30N2O/c1-4-5-13(18)14(20)19-17-8-12-6-15(2,10-17)9-16(3,7-12)11-17/h12-13H,4-11,18H2,1-3H3,(H,19,20)/t12?,13-,15?,16?,17?/m0/s1. The van der Waals surface area contributed by atoms with E-state index in [0.717, 1.165) is 31.6 Å². The van der Waals surface area contributed by atoms with Crippen molar-refractivity contribution in [3.8, 4) is 0 Å². The molecular weight excluding hydrogens is 248 g/mol. The molecule has 3 nitrogen and oxygen atoms in total. The second-order valence-corrected chi connectivity index (χ2v) is 8.79. The van der Waals surface area contributed by atoms with Crippen LogP contribution in [0.2, 0.25) is 0 Å². The van der Waals surface area contributed by atoms with Gasteiger partial charge in [-0.15, -0.1) is 0 Å². The largest absolute Gasteiger partial charge is 0.349 e. The Hall–Kier alpha value is -0.570. The van der Waals surface area contributed by atoms with Crippen LogP contribution in [-0.2, 0) is 4.79 Å². The maximum atomic E-state index is 12.4. The van der Waals surface area contributed by atoms with Crippen molar-refractivity contribution in [1.29, 1.82) is 0 Å². The minimum atomic E-state index is -0.325. The van der Waals surface area contributed by atoms with Crippen LogP contribution in [0.1, 0.15) is 72.1 Å². The first kappa shape index (κ1) is 14.4. The van der Waals surface area contributed by atoms with Crippen LogP contribution >= 0.6 is 0 Å². The van der Waals surface area contributed by atoms with Crippen LogP contribution in [0.5, 0.6) is 0 Å². The molecule has 4 bridgehead atoms. The summed E-state index contributed by atoms with van der Waals surface area (Å²) in [6, 6.07) is -0.325. The summed E-state index contributed by atoms with van der Waals surface area (Å²) < 4.78 is 0. The molecule has 0 aromatic heterocycles. The zero-order valence-electron chi connectivity index (χ0n) is 13.3. The molecule has 0 aliphatic heterocycles. The Bertz CT molecular complexity index is 401. The predicted octanol–water partition coefficient (Wildman–Crippen LogP) is 2.98. The Labute approximate surface area is 123 Å². The molecule has 0 spiro atoms. The molecule has 4 saturated carbocycles. The summed E-state index contributed by atoms with van der Waals surface area (Å²) in [5.41, 5.74) is 6.94. The second kappa shape index (κ2) is 4.46. The van der Waals surface area contributed by atoms with E-state index in [1.807, 2.05) is 0 Å². The van der Waals surface area contributed by atoms with Crippen LogP contribution in [0.3, 0.4) is 0 Å². The maximum absolute atomic E-state index is 12.4. The van der Waals surface area contributed by atoms with Gasteiger partial charge in [0.2, 0.25) is 5.91 Å². The Morgan fingerprint density at radius 3 is 2.30 bits per heavy atom. The fourth-order valence-corrected chi connectivity index (χ4v) is 6.38. The normalized spacial score (nSPS) is 47.3. The number of amides is 1. The van der Waals surface area contributed by atoms with Gasteiger partial charge in [-0.05, 0) is 61.7 Å². The summed E-state index contributed by atoms with van der Waals surface area (Å²) in [6.45, 7) is 6.95. The monoisotopic (exact) mass is 278 g/mol. The minimum absolute atomic E-state index is 0.0470. The van der Waals surface area contributed by atoms with Gasteiger partial charge in [-0.2, -0.15) is 0 Å². The van der Waals surface area contributed by atoms with Crippen molar-refractivity contribution in [3.05, 3.63) is 0 Å². The van der Waals surface area contributed by atoms with E-state index in [1.165, 1.54) is 25.7 Å². The topological polar surface area (TPSA) is 55.1 Å². The van der Waals surface area contributed by atoms with E-state index in [-0.39, 0.29) is 17.5 Å². The molecule has 4 aliphatic carbocycles. The van der Waals surface area contributed by atoms with Crippen molar-refractivity contribution < 1.29 is 4.79 Å². The number of hydrogen-bond acceptors (Lipinski definition) is 2. The first-order valence-corrected chi connectivity index (χ1v) is 8.35. The van der Waals surface area contributed by atoms with Gasteiger partial charge in [0, 0.05) is 5.54 Å². The minimum Gasteiger partial charge on any atom is -0.349 e. The number of hydrogen-bond donors (Lipinski definition) is 2. The number of rotatable bonds is 4. The van der Waals surface area contributed by atoms with Crippen LogP contribution < -0.4 is 11.1 Å². The average Bonchev–Trinajstić information content (AvgIpc) is 2.23. The van der Waals surface area contributed by atoms with E-state index in [4.69, 9.17) is 5.73 Å². The summed E-state index contributed by atoms with van der Waals surface area (Å²) in [5.74, 6) is 0.893. The molecule has 1 amide bonds. The van der Waals surface area contributed by atoms with Crippen molar-refractivity contribution in [2.24, 2.45) is 22.5 Å². The molecule has 20 heavy (non-hydrogen) atoms. The smallest absolute Gasteiger partial charge is 0.237 e. The molecule has 0 radical (unpaired) electrons. The molecule has 0 aromatic carbocycles. The quantitative estimate of drug-likeness (QED) is 0.830. The van der Waals surface area contributed by atoms with Gasteiger partial charge in [0.25, 0.3) is 0 Å².